The Labute approximate surface area is 130 Å². The molecule has 0 spiro atoms. The molecule has 4 atom stereocenters. The first kappa shape index (κ1) is 14.1. The van der Waals surface area contributed by atoms with Gasteiger partial charge in [0.15, 0.2) is 11.6 Å². The molecule has 2 bridgehead atoms. The van der Waals surface area contributed by atoms with Crippen molar-refractivity contribution in [3.63, 3.8) is 0 Å². The standard InChI is InChI=1S/C13H12Cl2O2S2/c1-18-8-9(19-2)11(17)13(15)7-4-3-6(5-7)12(13,14)10(8)16/h3-4,6-7H,5H2,1-2H3/t6-,7+,12-,13+. The zero-order chi connectivity index (χ0) is 14.0. The first-order chi connectivity index (χ1) is 8.92. The zero-order valence-electron chi connectivity index (χ0n) is 10.4. The van der Waals surface area contributed by atoms with Crippen LogP contribution >= 0.6 is 46.7 Å². The molecule has 102 valence electrons. The third-order valence-corrected chi connectivity index (χ3v) is 7.64. The van der Waals surface area contributed by atoms with Gasteiger partial charge in [-0.25, -0.2) is 0 Å². The van der Waals surface area contributed by atoms with E-state index in [-0.39, 0.29) is 23.4 Å². The second-order valence-electron chi connectivity index (χ2n) is 4.98. The Kier molecular flexibility index (Phi) is 3.18. The molecule has 0 unspecified atom stereocenters. The van der Waals surface area contributed by atoms with Gasteiger partial charge in [-0.1, -0.05) is 12.2 Å². The van der Waals surface area contributed by atoms with E-state index in [2.05, 4.69) is 0 Å². The molecule has 0 aromatic carbocycles. The summed E-state index contributed by atoms with van der Waals surface area (Å²) < 4.78 is 0. The number of rotatable bonds is 2. The number of ketones is 2. The van der Waals surface area contributed by atoms with Crippen molar-refractivity contribution in [1.82, 2.24) is 0 Å². The van der Waals surface area contributed by atoms with Crippen LogP contribution in [-0.4, -0.2) is 33.8 Å². The maximum absolute atomic E-state index is 12.8. The SMILES string of the molecule is CSC1=C(SC)C(=O)[C@]2(Cl)[C@@H]3C=C[C@@H](C3)[C@]2(Cl)C1=O. The maximum atomic E-state index is 12.8. The van der Waals surface area contributed by atoms with E-state index in [1.807, 2.05) is 12.2 Å². The Bertz CT molecular complexity index is 511. The zero-order valence-corrected chi connectivity index (χ0v) is 13.6. The lowest BCUT2D eigenvalue weighted by atomic mass is 9.73. The summed E-state index contributed by atoms with van der Waals surface area (Å²) in [5.74, 6) is -0.646. The molecule has 0 heterocycles. The molecule has 2 nitrogen and oxygen atoms in total. The van der Waals surface area contributed by atoms with Gasteiger partial charge in [0.25, 0.3) is 0 Å². The number of hydrogen-bond acceptors (Lipinski definition) is 4. The van der Waals surface area contributed by atoms with Crippen molar-refractivity contribution in [3.05, 3.63) is 22.0 Å². The van der Waals surface area contributed by atoms with Crippen molar-refractivity contribution in [1.29, 1.82) is 0 Å². The molecule has 0 radical (unpaired) electrons. The maximum Gasteiger partial charge on any atom is 0.194 e. The summed E-state index contributed by atoms with van der Waals surface area (Å²) in [5.41, 5.74) is 0. The van der Waals surface area contributed by atoms with Gasteiger partial charge in [0.1, 0.15) is 9.75 Å². The van der Waals surface area contributed by atoms with Gasteiger partial charge in [-0.05, 0) is 18.9 Å². The van der Waals surface area contributed by atoms with Crippen LogP contribution in [0.5, 0.6) is 0 Å². The van der Waals surface area contributed by atoms with Crippen LogP contribution in [0.4, 0.5) is 0 Å². The summed E-state index contributed by atoms with van der Waals surface area (Å²) in [4.78, 5) is 23.9. The number of fused-ring (bicyclic) bond motifs is 5. The van der Waals surface area contributed by atoms with E-state index in [1.54, 1.807) is 12.5 Å². The molecule has 1 saturated carbocycles. The lowest BCUT2D eigenvalue weighted by molar-refractivity contribution is -0.127. The predicted octanol–water partition coefficient (Wildman–Crippen LogP) is 3.24. The second-order valence-corrected chi connectivity index (χ2v) is 7.81. The van der Waals surface area contributed by atoms with Gasteiger partial charge < -0.3 is 0 Å². The van der Waals surface area contributed by atoms with Crippen molar-refractivity contribution in [3.8, 4) is 0 Å². The summed E-state index contributed by atoms with van der Waals surface area (Å²) in [6.07, 6.45) is 8.15. The van der Waals surface area contributed by atoms with Crippen LogP contribution in [-0.2, 0) is 9.59 Å². The van der Waals surface area contributed by atoms with Crippen LogP contribution in [0.3, 0.4) is 0 Å². The summed E-state index contributed by atoms with van der Waals surface area (Å²) >= 11 is 15.9. The fourth-order valence-electron chi connectivity index (χ4n) is 3.40. The van der Waals surface area contributed by atoms with E-state index in [9.17, 15) is 9.59 Å². The lowest BCUT2D eigenvalue weighted by Crippen LogP contribution is -2.62. The highest BCUT2D eigenvalue weighted by molar-refractivity contribution is 8.07. The van der Waals surface area contributed by atoms with E-state index in [0.29, 0.717) is 16.2 Å². The Morgan fingerprint density at radius 2 is 1.37 bits per heavy atom. The normalized spacial score (nSPS) is 44.2. The molecule has 3 aliphatic carbocycles. The summed E-state index contributed by atoms with van der Waals surface area (Å²) in [7, 11) is 0. The fraction of sp³-hybridized carbons (Fsp3) is 0.538. The Morgan fingerprint density at radius 1 is 1.00 bits per heavy atom. The number of thioether (sulfide) groups is 2. The van der Waals surface area contributed by atoms with Crippen molar-refractivity contribution in [2.75, 3.05) is 12.5 Å². The molecular formula is C13H12Cl2O2S2. The van der Waals surface area contributed by atoms with Crippen molar-refractivity contribution < 1.29 is 9.59 Å². The molecule has 0 N–H and O–H groups in total. The first-order valence-corrected chi connectivity index (χ1v) is 9.11. The second kappa shape index (κ2) is 4.30. The quantitative estimate of drug-likeness (QED) is 0.573. The topological polar surface area (TPSA) is 34.1 Å². The largest absolute Gasteiger partial charge is 0.291 e. The minimum absolute atomic E-state index is 0.140. The number of alkyl halides is 2. The minimum Gasteiger partial charge on any atom is -0.291 e. The molecule has 0 amide bonds. The number of halogens is 2. The van der Waals surface area contributed by atoms with Crippen LogP contribution in [0.1, 0.15) is 6.42 Å². The van der Waals surface area contributed by atoms with Crippen LogP contribution in [0, 0.1) is 11.8 Å². The van der Waals surface area contributed by atoms with Gasteiger partial charge in [-0.3, -0.25) is 9.59 Å². The highest BCUT2D eigenvalue weighted by atomic mass is 35.5. The molecule has 6 heteroatoms. The number of carbonyl (C=O) groups excluding carboxylic acids is 2. The van der Waals surface area contributed by atoms with Gasteiger partial charge in [0.05, 0.1) is 9.81 Å². The van der Waals surface area contributed by atoms with Crippen LogP contribution in [0.25, 0.3) is 0 Å². The summed E-state index contributed by atoms with van der Waals surface area (Å²) in [6, 6.07) is 0. The highest BCUT2D eigenvalue weighted by Gasteiger charge is 2.74. The highest BCUT2D eigenvalue weighted by Crippen LogP contribution is 2.64. The van der Waals surface area contributed by atoms with Crippen molar-refractivity contribution in [2.24, 2.45) is 11.8 Å². The van der Waals surface area contributed by atoms with E-state index < -0.39 is 9.75 Å². The van der Waals surface area contributed by atoms with Crippen LogP contribution in [0.15, 0.2) is 22.0 Å². The molecule has 0 saturated heterocycles. The third kappa shape index (κ3) is 1.39. The van der Waals surface area contributed by atoms with E-state index in [0.717, 1.165) is 0 Å². The van der Waals surface area contributed by atoms with Crippen molar-refractivity contribution >= 4 is 58.3 Å². The van der Waals surface area contributed by atoms with Crippen molar-refractivity contribution in [2.45, 2.75) is 16.2 Å². The molecular weight excluding hydrogens is 323 g/mol. The molecule has 0 aliphatic heterocycles. The number of carbonyl (C=O) groups is 2. The monoisotopic (exact) mass is 334 g/mol. The van der Waals surface area contributed by atoms with Crippen LogP contribution < -0.4 is 0 Å². The van der Waals surface area contributed by atoms with E-state index in [4.69, 9.17) is 23.2 Å². The third-order valence-electron chi connectivity index (χ3n) is 4.32. The van der Waals surface area contributed by atoms with E-state index >= 15 is 0 Å². The average Bonchev–Trinajstić information content (AvgIpc) is 2.96. The van der Waals surface area contributed by atoms with E-state index in [1.165, 1.54) is 23.5 Å². The first-order valence-electron chi connectivity index (χ1n) is 5.90. The van der Waals surface area contributed by atoms with Gasteiger partial charge in [0, 0.05) is 11.8 Å². The molecule has 3 rings (SSSR count). The number of allylic oxidation sites excluding steroid dienone is 4. The summed E-state index contributed by atoms with van der Waals surface area (Å²) in [5, 5.41) is 0. The molecule has 1 fully saturated rings. The lowest BCUT2D eigenvalue weighted by Gasteiger charge is -2.44. The number of hydrogen-bond donors (Lipinski definition) is 0. The minimum atomic E-state index is -1.30. The number of Topliss-reactive ketones (excluding diaryl/α,β-unsaturated/α-hetero) is 2. The van der Waals surface area contributed by atoms with Gasteiger partial charge in [-0.15, -0.1) is 46.7 Å². The molecule has 0 aromatic heterocycles. The van der Waals surface area contributed by atoms with Gasteiger partial charge in [-0.2, -0.15) is 0 Å². The Balaban J connectivity index is 2.27. The molecule has 19 heavy (non-hydrogen) atoms. The fourth-order valence-corrected chi connectivity index (χ4v) is 6.23. The van der Waals surface area contributed by atoms with Gasteiger partial charge in [0.2, 0.25) is 0 Å². The Morgan fingerprint density at radius 3 is 1.68 bits per heavy atom. The van der Waals surface area contributed by atoms with Crippen LogP contribution in [0.2, 0.25) is 0 Å². The predicted molar refractivity (Wildman–Crippen MR) is 82.0 cm³/mol. The van der Waals surface area contributed by atoms with Gasteiger partial charge >= 0.3 is 0 Å². The molecule has 0 aromatic rings. The average molecular weight is 335 g/mol. The summed E-state index contributed by atoms with van der Waals surface area (Å²) in [6.45, 7) is 0. The Hall–Kier alpha value is 0.1000. The molecule has 3 aliphatic rings. The smallest absolute Gasteiger partial charge is 0.194 e.